The van der Waals surface area contributed by atoms with Crippen molar-refractivity contribution in [3.63, 3.8) is 0 Å². The van der Waals surface area contributed by atoms with Crippen molar-refractivity contribution in [1.29, 1.82) is 0 Å². The van der Waals surface area contributed by atoms with Crippen molar-refractivity contribution in [3.8, 4) is 5.75 Å². The maximum atomic E-state index is 5.71. The van der Waals surface area contributed by atoms with Gasteiger partial charge in [0, 0.05) is 18.5 Å². The van der Waals surface area contributed by atoms with Crippen molar-refractivity contribution in [3.05, 3.63) is 42.0 Å². The second kappa shape index (κ2) is 7.02. The van der Waals surface area contributed by atoms with Crippen LogP contribution in [-0.4, -0.2) is 21.4 Å². The minimum absolute atomic E-state index is 0.0627. The van der Waals surface area contributed by atoms with E-state index in [0.717, 1.165) is 23.7 Å². The largest absolute Gasteiger partial charge is 0.494 e. The Morgan fingerprint density at radius 1 is 1.35 bits per heavy atom. The van der Waals surface area contributed by atoms with Gasteiger partial charge in [-0.3, -0.25) is 16.0 Å². The van der Waals surface area contributed by atoms with Crippen LogP contribution in [0.1, 0.15) is 31.3 Å². The molecule has 1 aromatic carbocycles. The van der Waals surface area contributed by atoms with Gasteiger partial charge in [0.05, 0.1) is 12.6 Å². The summed E-state index contributed by atoms with van der Waals surface area (Å²) >= 11 is 0. The Bertz CT molecular complexity index is 540. The summed E-state index contributed by atoms with van der Waals surface area (Å²) in [4.78, 5) is 4.29. The maximum Gasteiger partial charge on any atom is 0.138 e. The van der Waals surface area contributed by atoms with E-state index in [1.807, 2.05) is 42.8 Å². The number of hydrogen-bond acceptors (Lipinski definition) is 5. The molecule has 108 valence electrons. The molecule has 6 heteroatoms. The van der Waals surface area contributed by atoms with Crippen molar-refractivity contribution >= 4 is 0 Å². The van der Waals surface area contributed by atoms with Crippen molar-refractivity contribution in [2.75, 3.05) is 6.61 Å². The Hall–Kier alpha value is -1.92. The molecule has 1 aromatic heterocycles. The Balaban J connectivity index is 2.24. The first-order chi connectivity index (χ1) is 9.80. The van der Waals surface area contributed by atoms with Crippen LogP contribution < -0.4 is 16.0 Å². The van der Waals surface area contributed by atoms with Gasteiger partial charge in [-0.25, -0.2) is 4.98 Å². The predicted octanol–water partition coefficient (Wildman–Crippen LogP) is 1.44. The van der Waals surface area contributed by atoms with Crippen LogP contribution in [0.3, 0.4) is 0 Å². The minimum atomic E-state index is -0.0627. The van der Waals surface area contributed by atoms with E-state index in [1.54, 1.807) is 6.33 Å². The highest BCUT2D eigenvalue weighted by molar-refractivity contribution is 5.36. The molecule has 1 heterocycles. The molecule has 20 heavy (non-hydrogen) atoms. The first kappa shape index (κ1) is 14.5. The molecule has 0 aliphatic carbocycles. The van der Waals surface area contributed by atoms with Crippen molar-refractivity contribution in [2.24, 2.45) is 5.84 Å². The van der Waals surface area contributed by atoms with Crippen LogP contribution >= 0.6 is 0 Å². The number of rotatable bonds is 7. The Kier molecular flexibility index (Phi) is 5.09. The predicted molar refractivity (Wildman–Crippen MR) is 77.1 cm³/mol. The fourth-order valence-electron chi connectivity index (χ4n) is 2.21. The van der Waals surface area contributed by atoms with Crippen LogP contribution in [0.2, 0.25) is 0 Å². The average Bonchev–Trinajstić information content (AvgIpc) is 2.93. The third-order valence-corrected chi connectivity index (χ3v) is 3.18. The highest BCUT2D eigenvalue weighted by atomic mass is 16.5. The molecular weight excluding hydrogens is 254 g/mol. The molecule has 1 unspecified atom stereocenters. The first-order valence-electron chi connectivity index (χ1n) is 6.84. The highest BCUT2D eigenvalue weighted by Crippen LogP contribution is 2.26. The molecule has 0 saturated carbocycles. The Labute approximate surface area is 118 Å². The van der Waals surface area contributed by atoms with E-state index in [4.69, 9.17) is 10.6 Å². The van der Waals surface area contributed by atoms with E-state index < -0.39 is 0 Å². The highest BCUT2D eigenvalue weighted by Gasteiger charge is 2.17. The zero-order chi connectivity index (χ0) is 14.4. The average molecular weight is 275 g/mol. The maximum absolute atomic E-state index is 5.71. The molecule has 0 fully saturated rings. The molecule has 0 radical (unpaired) electrons. The van der Waals surface area contributed by atoms with Crippen LogP contribution in [0.25, 0.3) is 0 Å². The van der Waals surface area contributed by atoms with Gasteiger partial charge in [-0.15, -0.1) is 0 Å². The number of nitrogens with one attached hydrogen (secondary N) is 1. The smallest absolute Gasteiger partial charge is 0.138 e. The Morgan fingerprint density at radius 2 is 2.15 bits per heavy atom. The van der Waals surface area contributed by atoms with Crippen LogP contribution in [0.4, 0.5) is 0 Å². The molecule has 6 nitrogen and oxygen atoms in total. The minimum Gasteiger partial charge on any atom is -0.494 e. The lowest BCUT2D eigenvalue weighted by molar-refractivity contribution is 0.330. The number of benzene rings is 1. The van der Waals surface area contributed by atoms with Crippen LogP contribution in [0.5, 0.6) is 5.75 Å². The third kappa shape index (κ3) is 3.15. The fourth-order valence-corrected chi connectivity index (χ4v) is 2.21. The van der Waals surface area contributed by atoms with Crippen molar-refractivity contribution in [1.82, 2.24) is 20.2 Å². The molecule has 3 N–H and O–H groups in total. The monoisotopic (exact) mass is 275 g/mol. The summed E-state index contributed by atoms with van der Waals surface area (Å²) in [5, 5.41) is 4.18. The molecule has 0 amide bonds. The summed E-state index contributed by atoms with van der Waals surface area (Å²) in [6, 6.07) is 7.84. The van der Waals surface area contributed by atoms with E-state index >= 15 is 0 Å². The van der Waals surface area contributed by atoms with E-state index in [1.165, 1.54) is 0 Å². The molecule has 0 aliphatic rings. The number of para-hydroxylation sites is 1. The lowest BCUT2D eigenvalue weighted by Gasteiger charge is -2.19. The lowest BCUT2D eigenvalue weighted by atomic mass is 10.0. The van der Waals surface area contributed by atoms with Gasteiger partial charge in [-0.2, -0.15) is 5.10 Å². The Morgan fingerprint density at radius 3 is 2.85 bits per heavy atom. The van der Waals surface area contributed by atoms with Gasteiger partial charge in [-0.05, 0) is 19.9 Å². The number of aromatic nitrogens is 3. The molecule has 2 aromatic rings. The quantitative estimate of drug-likeness (QED) is 0.590. The molecule has 0 aliphatic heterocycles. The second-order valence-corrected chi connectivity index (χ2v) is 4.39. The number of aryl methyl sites for hydroxylation is 1. The lowest BCUT2D eigenvalue weighted by Crippen LogP contribution is -2.30. The zero-order valence-corrected chi connectivity index (χ0v) is 11.9. The first-order valence-corrected chi connectivity index (χ1v) is 6.84. The van der Waals surface area contributed by atoms with E-state index in [-0.39, 0.29) is 6.04 Å². The summed E-state index contributed by atoms with van der Waals surface area (Å²) < 4.78 is 7.53. The number of nitrogens with zero attached hydrogens (tertiary/aromatic N) is 3. The molecule has 0 saturated heterocycles. The summed E-state index contributed by atoms with van der Waals surface area (Å²) in [7, 11) is 0. The van der Waals surface area contributed by atoms with Gasteiger partial charge < -0.3 is 4.74 Å². The van der Waals surface area contributed by atoms with E-state index in [2.05, 4.69) is 15.5 Å². The normalized spacial score (nSPS) is 12.3. The summed E-state index contributed by atoms with van der Waals surface area (Å²) in [6.45, 7) is 5.42. The van der Waals surface area contributed by atoms with Gasteiger partial charge in [0.1, 0.15) is 17.9 Å². The van der Waals surface area contributed by atoms with Crippen molar-refractivity contribution < 1.29 is 4.74 Å². The number of hydrogen-bond donors (Lipinski definition) is 2. The van der Waals surface area contributed by atoms with E-state index in [9.17, 15) is 0 Å². The number of nitrogens with two attached hydrogens (primary N) is 1. The summed E-state index contributed by atoms with van der Waals surface area (Å²) in [5.41, 5.74) is 3.88. The van der Waals surface area contributed by atoms with Gasteiger partial charge >= 0.3 is 0 Å². The molecular formula is C14H21N5O. The molecule has 0 bridgehead atoms. The van der Waals surface area contributed by atoms with Crippen molar-refractivity contribution in [2.45, 2.75) is 32.9 Å². The molecule has 0 spiro atoms. The van der Waals surface area contributed by atoms with Crippen LogP contribution in [0.15, 0.2) is 30.6 Å². The zero-order valence-electron chi connectivity index (χ0n) is 11.9. The van der Waals surface area contributed by atoms with Gasteiger partial charge in [0.2, 0.25) is 0 Å². The third-order valence-electron chi connectivity index (χ3n) is 3.18. The van der Waals surface area contributed by atoms with Crippen LogP contribution in [0, 0.1) is 0 Å². The fraction of sp³-hybridized carbons (Fsp3) is 0.429. The van der Waals surface area contributed by atoms with E-state index in [0.29, 0.717) is 13.0 Å². The van der Waals surface area contributed by atoms with Gasteiger partial charge in [0.25, 0.3) is 0 Å². The number of ether oxygens (including phenoxy) is 1. The summed E-state index contributed by atoms with van der Waals surface area (Å²) in [5.74, 6) is 7.47. The molecule has 1 atom stereocenters. The topological polar surface area (TPSA) is 78.0 Å². The van der Waals surface area contributed by atoms with Crippen LogP contribution in [-0.2, 0) is 13.0 Å². The summed E-state index contributed by atoms with van der Waals surface area (Å²) in [6.07, 6.45) is 2.23. The standard InChI is InChI=1S/C14H21N5O/c1-3-19-14(16-10-17-19)9-12(18-15)11-7-5-6-8-13(11)20-4-2/h5-8,10,12,18H,3-4,9,15H2,1-2H3. The van der Waals surface area contributed by atoms with Gasteiger partial charge in [-0.1, -0.05) is 18.2 Å². The van der Waals surface area contributed by atoms with Gasteiger partial charge in [0.15, 0.2) is 0 Å². The SMILES string of the molecule is CCOc1ccccc1C(Cc1ncnn1CC)NN. The number of hydrazine groups is 1. The molecule has 2 rings (SSSR count). The second-order valence-electron chi connectivity index (χ2n) is 4.39.